The molecule has 0 bridgehead atoms. The van der Waals surface area contributed by atoms with Gasteiger partial charge in [0.25, 0.3) is 0 Å². The molecule has 0 unspecified atom stereocenters. The number of carbonyl (C=O) groups excluding carboxylic acids is 1. The van der Waals surface area contributed by atoms with E-state index in [2.05, 4.69) is 11.1 Å². The van der Waals surface area contributed by atoms with Gasteiger partial charge in [-0.05, 0) is 55.0 Å². The highest BCUT2D eigenvalue weighted by Crippen LogP contribution is 2.28. The normalized spacial score (nSPS) is 11.0. The topological polar surface area (TPSA) is 72.2 Å². The van der Waals surface area contributed by atoms with Gasteiger partial charge in [0.15, 0.2) is 0 Å². The maximum atomic E-state index is 11.0. The zero-order chi connectivity index (χ0) is 19.9. The van der Waals surface area contributed by atoms with Crippen LogP contribution in [0.4, 0.5) is 0 Å². The molecule has 0 saturated heterocycles. The number of thiazole rings is 1. The summed E-state index contributed by atoms with van der Waals surface area (Å²) in [5.74, 6) is 0.914. The van der Waals surface area contributed by atoms with Crippen LogP contribution in [0, 0.1) is 11.3 Å². The number of nitrogens with zero attached hydrogens (tertiary/aromatic N) is 2. The molecule has 140 valence electrons. The highest BCUT2D eigenvalue weighted by atomic mass is 32.1. The fourth-order valence-corrected chi connectivity index (χ4v) is 3.32. The molecule has 0 N–H and O–H groups in total. The Kier molecular flexibility index (Phi) is 6.20. The molecule has 0 radical (unpaired) electrons. The number of rotatable bonds is 6. The van der Waals surface area contributed by atoms with Crippen molar-refractivity contribution in [1.82, 2.24) is 4.98 Å². The van der Waals surface area contributed by atoms with Gasteiger partial charge in [-0.15, -0.1) is 11.3 Å². The van der Waals surface area contributed by atoms with Gasteiger partial charge in [0.1, 0.15) is 22.6 Å². The van der Waals surface area contributed by atoms with E-state index in [0.717, 1.165) is 22.6 Å². The van der Waals surface area contributed by atoms with Crippen LogP contribution < -0.4 is 9.47 Å². The fourth-order valence-electron chi connectivity index (χ4n) is 2.53. The predicted octanol–water partition coefficient (Wildman–Crippen LogP) is 5.20. The van der Waals surface area contributed by atoms with Crippen molar-refractivity contribution in [3.8, 4) is 28.8 Å². The summed E-state index contributed by atoms with van der Waals surface area (Å²) in [5, 5.41) is 12.1. The summed E-state index contributed by atoms with van der Waals surface area (Å²) in [6.45, 7) is 3.92. The summed E-state index contributed by atoms with van der Waals surface area (Å²) >= 11 is 1.42. The van der Waals surface area contributed by atoms with Gasteiger partial charge in [-0.3, -0.25) is 4.79 Å². The summed E-state index contributed by atoms with van der Waals surface area (Å²) < 4.78 is 10.5. The van der Waals surface area contributed by atoms with Gasteiger partial charge in [0.05, 0.1) is 17.9 Å². The number of esters is 1. The monoisotopic (exact) mass is 390 g/mol. The van der Waals surface area contributed by atoms with E-state index in [4.69, 9.17) is 9.47 Å². The Balaban J connectivity index is 1.80. The number of carbonyl (C=O) groups is 1. The van der Waals surface area contributed by atoms with E-state index in [0.29, 0.717) is 22.9 Å². The van der Waals surface area contributed by atoms with Crippen LogP contribution in [0.2, 0.25) is 0 Å². The molecule has 3 aromatic rings. The van der Waals surface area contributed by atoms with Gasteiger partial charge in [0.2, 0.25) is 0 Å². The van der Waals surface area contributed by atoms with Crippen LogP contribution in [0.1, 0.15) is 24.4 Å². The van der Waals surface area contributed by atoms with Crippen molar-refractivity contribution in [2.24, 2.45) is 0 Å². The molecular formula is C22H18N2O3S. The van der Waals surface area contributed by atoms with E-state index >= 15 is 0 Å². The molecule has 0 aliphatic carbocycles. The Bertz CT molecular complexity index is 1030. The molecule has 3 rings (SSSR count). The molecule has 2 aromatic carbocycles. The minimum absolute atomic E-state index is 0.370. The van der Waals surface area contributed by atoms with Crippen molar-refractivity contribution >= 4 is 29.0 Å². The first-order valence-electron chi connectivity index (χ1n) is 8.68. The third kappa shape index (κ3) is 4.84. The minimum Gasteiger partial charge on any atom is -0.494 e. The maximum Gasteiger partial charge on any atom is 0.308 e. The molecule has 5 nitrogen and oxygen atoms in total. The zero-order valence-electron chi connectivity index (χ0n) is 15.5. The number of hydrogen-bond donors (Lipinski definition) is 0. The summed E-state index contributed by atoms with van der Waals surface area (Å²) in [6, 6.07) is 16.9. The minimum atomic E-state index is -0.370. The smallest absolute Gasteiger partial charge is 0.308 e. The van der Waals surface area contributed by atoms with Crippen molar-refractivity contribution in [2.45, 2.75) is 13.8 Å². The standard InChI is InChI=1S/C22H18N2O3S/c1-3-26-19-10-6-17(7-11-19)21-14-28-22(24-21)18(13-23)12-16-4-8-20(9-5-16)27-15(2)25/h4-12,14H,3H2,1-2H3. The number of allylic oxidation sites excluding steroid dienone is 1. The zero-order valence-corrected chi connectivity index (χ0v) is 16.3. The van der Waals surface area contributed by atoms with E-state index in [1.807, 2.05) is 36.6 Å². The van der Waals surface area contributed by atoms with Crippen molar-refractivity contribution in [3.63, 3.8) is 0 Å². The first-order valence-corrected chi connectivity index (χ1v) is 9.56. The van der Waals surface area contributed by atoms with Crippen LogP contribution in [0.5, 0.6) is 11.5 Å². The molecule has 1 aromatic heterocycles. The Morgan fingerprint density at radius 2 is 1.82 bits per heavy atom. The van der Waals surface area contributed by atoms with E-state index in [1.54, 1.807) is 30.3 Å². The molecule has 0 fully saturated rings. The number of nitriles is 1. The Morgan fingerprint density at radius 1 is 1.14 bits per heavy atom. The Hall–Kier alpha value is -3.43. The summed E-state index contributed by atoms with van der Waals surface area (Å²) in [4.78, 5) is 15.6. The van der Waals surface area contributed by atoms with Crippen LogP contribution in [-0.2, 0) is 4.79 Å². The summed E-state index contributed by atoms with van der Waals surface area (Å²) in [6.07, 6.45) is 1.76. The second-order valence-electron chi connectivity index (χ2n) is 5.83. The second-order valence-corrected chi connectivity index (χ2v) is 6.69. The molecule has 0 aliphatic heterocycles. The van der Waals surface area contributed by atoms with Gasteiger partial charge < -0.3 is 9.47 Å². The molecule has 0 atom stereocenters. The average Bonchev–Trinajstić information content (AvgIpc) is 3.18. The second kappa shape index (κ2) is 8.98. The first-order chi connectivity index (χ1) is 13.6. The molecule has 6 heteroatoms. The van der Waals surface area contributed by atoms with Gasteiger partial charge >= 0.3 is 5.97 Å². The van der Waals surface area contributed by atoms with Gasteiger partial charge in [0, 0.05) is 17.9 Å². The first kappa shape index (κ1) is 19.3. The highest BCUT2D eigenvalue weighted by Gasteiger charge is 2.09. The maximum absolute atomic E-state index is 11.0. The predicted molar refractivity (Wildman–Crippen MR) is 110 cm³/mol. The van der Waals surface area contributed by atoms with E-state index in [1.165, 1.54) is 18.3 Å². The van der Waals surface area contributed by atoms with Gasteiger partial charge in [-0.2, -0.15) is 5.26 Å². The van der Waals surface area contributed by atoms with Crippen LogP contribution in [0.3, 0.4) is 0 Å². The summed E-state index contributed by atoms with van der Waals surface area (Å²) in [7, 11) is 0. The number of hydrogen-bond acceptors (Lipinski definition) is 6. The van der Waals surface area contributed by atoms with Crippen LogP contribution in [0.15, 0.2) is 53.9 Å². The molecular weight excluding hydrogens is 372 g/mol. The SMILES string of the molecule is CCOc1ccc(-c2csc(C(C#N)=Cc3ccc(OC(C)=O)cc3)n2)cc1. The van der Waals surface area contributed by atoms with Gasteiger partial charge in [-0.25, -0.2) is 4.98 Å². The van der Waals surface area contributed by atoms with Crippen LogP contribution in [-0.4, -0.2) is 17.6 Å². The van der Waals surface area contributed by atoms with E-state index in [-0.39, 0.29) is 5.97 Å². The van der Waals surface area contributed by atoms with Crippen LogP contribution in [0.25, 0.3) is 22.9 Å². The quantitative estimate of drug-likeness (QED) is 0.329. The Labute approximate surface area is 167 Å². The lowest BCUT2D eigenvalue weighted by atomic mass is 10.1. The lowest BCUT2D eigenvalue weighted by molar-refractivity contribution is -0.131. The molecule has 0 aliphatic rings. The molecule has 0 saturated carbocycles. The van der Waals surface area contributed by atoms with Crippen molar-refractivity contribution < 1.29 is 14.3 Å². The lowest BCUT2D eigenvalue weighted by Gasteiger charge is -2.03. The van der Waals surface area contributed by atoms with E-state index < -0.39 is 0 Å². The highest BCUT2D eigenvalue weighted by molar-refractivity contribution is 7.11. The Morgan fingerprint density at radius 3 is 2.43 bits per heavy atom. The van der Waals surface area contributed by atoms with Crippen molar-refractivity contribution in [1.29, 1.82) is 5.26 Å². The molecule has 1 heterocycles. The molecule has 0 amide bonds. The number of ether oxygens (including phenoxy) is 2. The molecule has 28 heavy (non-hydrogen) atoms. The summed E-state index contributed by atoms with van der Waals surface area (Å²) in [5.41, 5.74) is 3.08. The number of benzene rings is 2. The van der Waals surface area contributed by atoms with Crippen LogP contribution >= 0.6 is 11.3 Å². The fraction of sp³-hybridized carbons (Fsp3) is 0.136. The third-order valence-corrected chi connectivity index (χ3v) is 4.64. The van der Waals surface area contributed by atoms with E-state index in [9.17, 15) is 10.1 Å². The third-order valence-electron chi connectivity index (χ3n) is 3.77. The molecule has 0 spiro atoms. The average molecular weight is 390 g/mol. The van der Waals surface area contributed by atoms with Crippen molar-refractivity contribution in [2.75, 3.05) is 6.61 Å². The van der Waals surface area contributed by atoms with Crippen molar-refractivity contribution in [3.05, 3.63) is 64.5 Å². The lowest BCUT2D eigenvalue weighted by Crippen LogP contribution is -2.00. The largest absolute Gasteiger partial charge is 0.494 e. The van der Waals surface area contributed by atoms with Gasteiger partial charge in [-0.1, -0.05) is 12.1 Å². The number of aromatic nitrogens is 1.